The summed E-state index contributed by atoms with van der Waals surface area (Å²) in [5.41, 5.74) is 0.452. The summed E-state index contributed by atoms with van der Waals surface area (Å²) in [6.07, 6.45) is 2.47. The number of ether oxygens (including phenoxy) is 2. The van der Waals surface area contributed by atoms with Gasteiger partial charge in [-0.05, 0) is 37.9 Å². The second-order valence-electron chi connectivity index (χ2n) is 6.41. The summed E-state index contributed by atoms with van der Waals surface area (Å²) in [5.74, 6) is -0.961. The third-order valence-electron chi connectivity index (χ3n) is 4.68. The Labute approximate surface area is 146 Å². The van der Waals surface area contributed by atoms with Crippen LogP contribution in [0, 0.1) is 11.7 Å². The first-order chi connectivity index (χ1) is 11.7. The molecule has 0 aromatic heterocycles. The van der Waals surface area contributed by atoms with Crippen LogP contribution in [-0.2, 0) is 14.3 Å². The lowest BCUT2D eigenvalue weighted by Crippen LogP contribution is -2.36. The van der Waals surface area contributed by atoms with Gasteiger partial charge in [0, 0.05) is 29.6 Å². The summed E-state index contributed by atoms with van der Waals surface area (Å²) in [6.45, 7) is 5.00. The molecule has 4 nitrogen and oxygen atoms in total. The molecule has 1 aliphatic carbocycles. The Bertz CT molecular complexity index is 557. The normalized spacial score (nSPS) is 23.9. The van der Waals surface area contributed by atoms with E-state index in [-0.39, 0.29) is 23.6 Å². The van der Waals surface area contributed by atoms with E-state index < -0.39 is 0 Å². The van der Waals surface area contributed by atoms with Crippen LogP contribution in [0.5, 0.6) is 0 Å². The first-order valence-electron chi connectivity index (χ1n) is 8.57. The first kappa shape index (κ1) is 17.6. The molecule has 132 valence electrons. The van der Waals surface area contributed by atoms with Crippen molar-refractivity contribution in [3.05, 3.63) is 34.6 Å². The zero-order valence-electron chi connectivity index (χ0n) is 13.7. The van der Waals surface area contributed by atoms with E-state index in [0.29, 0.717) is 23.6 Å². The standard InChI is InChI=1S/C18H23ClFNO3/c19-15-4-3-5-16(20)17(15)13-12-14(13)18(22)24-9-2-1-6-21-7-10-23-11-8-21/h3-5,13-14H,1-2,6-12H2/t13-,14-/m1/s1. The number of hydrogen-bond donors (Lipinski definition) is 0. The van der Waals surface area contributed by atoms with Gasteiger partial charge in [0.05, 0.1) is 25.7 Å². The Kier molecular flexibility index (Phi) is 6.09. The molecular formula is C18H23ClFNO3. The van der Waals surface area contributed by atoms with Gasteiger partial charge in [-0.25, -0.2) is 4.39 Å². The monoisotopic (exact) mass is 355 g/mol. The lowest BCUT2D eigenvalue weighted by atomic mass is 10.1. The fourth-order valence-corrected chi connectivity index (χ4v) is 3.48. The maximum Gasteiger partial charge on any atom is 0.309 e. The van der Waals surface area contributed by atoms with E-state index in [0.717, 1.165) is 45.7 Å². The number of rotatable bonds is 7. The fraction of sp³-hybridized carbons (Fsp3) is 0.611. The summed E-state index contributed by atoms with van der Waals surface area (Å²) >= 11 is 6.05. The highest BCUT2D eigenvalue weighted by molar-refractivity contribution is 6.31. The van der Waals surface area contributed by atoms with Crippen molar-refractivity contribution in [3.8, 4) is 0 Å². The molecule has 1 aliphatic heterocycles. The zero-order chi connectivity index (χ0) is 16.9. The number of carbonyl (C=O) groups excluding carboxylic acids is 1. The molecule has 3 rings (SSSR count). The Morgan fingerprint density at radius 1 is 1.33 bits per heavy atom. The van der Waals surface area contributed by atoms with Gasteiger partial charge in [0.1, 0.15) is 5.82 Å². The SMILES string of the molecule is O=C(OCCCCN1CCOCC1)[C@@H]1C[C@H]1c1c(F)cccc1Cl. The van der Waals surface area contributed by atoms with E-state index in [1.165, 1.54) is 6.07 Å². The van der Waals surface area contributed by atoms with Crippen molar-refractivity contribution in [2.24, 2.45) is 5.92 Å². The zero-order valence-corrected chi connectivity index (χ0v) is 14.4. The Morgan fingerprint density at radius 3 is 2.88 bits per heavy atom. The Morgan fingerprint density at radius 2 is 2.12 bits per heavy atom. The molecule has 0 unspecified atom stereocenters. The molecule has 1 saturated heterocycles. The molecule has 24 heavy (non-hydrogen) atoms. The fourth-order valence-electron chi connectivity index (χ4n) is 3.18. The van der Waals surface area contributed by atoms with E-state index >= 15 is 0 Å². The lowest BCUT2D eigenvalue weighted by molar-refractivity contribution is -0.145. The highest BCUT2D eigenvalue weighted by Crippen LogP contribution is 2.51. The molecule has 0 radical (unpaired) electrons. The summed E-state index contributed by atoms with van der Waals surface area (Å²) < 4.78 is 24.5. The average molecular weight is 356 g/mol. The van der Waals surface area contributed by atoms with Crippen LogP contribution in [0.4, 0.5) is 4.39 Å². The van der Waals surface area contributed by atoms with Gasteiger partial charge in [0.2, 0.25) is 0 Å². The second-order valence-corrected chi connectivity index (χ2v) is 6.82. The number of halogens is 2. The maximum atomic E-state index is 13.9. The highest BCUT2D eigenvalue weighted by Gasteiger charge is 2.47. The van der Waals surface area contributed by atoms with Gasteiger partial charge in [-0.2, -0.15) is 0 Å². The van der Waals surface area contributed by atoms with E-state index in [1.54, 1.807) is 12.1 Å². The molecule has 2 atom stereocenters. The molecule has 1 heterocycles. The van der Waals surface area contributed by atoms with Gasteiger partial charge < -0.3 is 9.47 Å². The number of unbranched alkanes of at least 4 members (excludes halogenated alkanes) is 1. The van der Waals surface area contributed by atoms with Crippen molar-refractivity contribution in [1.29, 1.82) is 0 Å². The molecule has 6 heteroatoms. The van der Waals surface area contributed by atoms with Crippen molar-refractivity contribution in [2.45, 2.75) is 25.2 Å². The van der Waals surface area contributed by atoms with Crippen LogP contribution in [0.15, 0.2) is 18.2 Å². The molecule has 0 amide bonds. The van der Waals surface area contributed by atoms with Crippen LogP contribution in [0.3, 0.4) is 0 Å². The van der Waals surface area contributed by atoms with Gasteiger partial charge in [0.25, 0.3) is 0 Å². The van der Waals surface area contributed by atoms with Crippen LogP contribution >= 0.6 is 11.6 Å². The Balaban J connectivity index is 1.35. The summed E-state index contributed by atoms with van der Waals surface area (Å²) in [4.78, 5) is 14.4. The smallest absolute Gasteiger partial charge is 0.309 e. The number of nitrogens with zero attached hydrogens (tertiary/aromatic N) is 1. The van der Waals surface area contributed by atoms with Crippen LogP contribution < -0.4 is 0 Å². The molecule has 0 bridgehead atoms. The van der Waals surface area contributed by atoms with Crippen molar-refractivity contribution in [1.82, 2.24) is 4.90 Å². The van der Waals surface area contributed by atoms with Crippen molar-refractivity contribution >= 4 is 17.6 Å². The predicted octanol–water partition coefficient (Wildman–Crippen LogP) is 3.24. The predicted molar refractivity (Wildman–Crippen MR) is 89.7 cm³/mol. The molecule has 1 aromatic carbocycles. The van der Waals surface area contributed by atoms with Crippen LogP contribution in [-0.4, -0.2) is 50.3 Å². The quantitative estimate of drug-likeness (QED) is 0.556. The van der Waals surface area contributed by atoms with Crippen LogP contribution in [0.2, 0.25) is 5.02 Å². The van der Waals surface area contributed by atoms with E-state index in [4.69, 9.17) is 21.1 Å². The highest BCUT2D eigenvalue weighted by atomic mass is 35.5. The van der Waals surface area contributed by atoms with Crippen molar-refractivity contribution in [3.63, 3.8) is 0 Å². The molecule has 2 aliphatic rings. The first-order valence-corrected chi connectivity index (χ1v) is 8.95. The van der Waals surface area contributed by atoms with Gasteiger partial charge >= 0.3 is 5.97 Å². The molecule has 2 fully saturated rings. The molecular weight excluding hydrogens is 333 g/mol. The lowest BCUT2D eigenvalue weighted by Gasteiger charge is -2.26. The molecule has 0 spiro atoms. The minimum Gasteiger partial charge on any atom is -0.465 e. The van der Waals surface area contributed by atoms with E-state index in [1.807, 2.05) is 0 Å². The molecule has 0 N–H and O–H groups in total. The Hall–Kier alpha value is -1.17. The third-order valence-corrected chi connectivity index (χ3v) is 5.01. The number of benzene rings is 1. The van der Waals surface area contributed by atoms with Gasteiger partial charge in [-0.1, -0.05) is 17.7 Å². The molecule has 1 saturated carbocycles. The number of hydrogen-bond acceptors (Lipinski definition) is 4. The number of carbonyl (C=O) groups is 1. The number of morpholine rings is 1. The third kappa shape index (κ3) is 4.47. The summed E-state index contributed by atoms with van der Waals surface area (Å²) in [5, 5.41) is 0.390. The topological polar surface area (TPSA) is 38.8 Å². The van der Waals surface area contributed by atoms with Crippen molar-refractivity contribution in [2.75, 3.05) is 39.5 Å². The van der Waals surface area contributed by atoms with Crippen LogP contribution in [0.25, 0.3) is 0 Å². The van der Waals surface area contributed by atoms with Gasteiger partial charge in [-0.3, -0.25) is 9.69 Å². The van der Waals surface area contributed by atoms with Crippen LogP contribution in [0.1, 0.15) is 30.7 Å². The summed E-state index contributed by atoms with van der Waals surface area (Å²) in [7, 11) is 0. The molecule has 1 aromatic rings. The van der Waals surface area contributed by atoms with E-state index in [2.05, 4.69) is 4.90 Å². The van der Waals surface area contributed by atoms with Crippen molar-refractivity contribution < 1.29 is 18.7 Å². The minimum atomic E-state index is -0.340. The van der Waals surface area contributed by atoms with Gasteiger partial charge in [-0.15, -0.1) is 0 Å². The maximum absolute atomic E-state index is 13.9. The largest absolute Gasteiger partial charge is 0.465 e. The number of esters is 1. The average Bonchev–Trinajstić information content (AvgIpc) is 3.35. The second kappa shape index (κ2) is 8.28. The minimum absolute atomic E-state index is 0.139. The summed E-state index contributed by atoms with van der Waals surface area (Å²) in [6, 6.07) is 4.62. The van der Waals surface area contributed by atoms with E-state index in [9.17, 15) is 9.18 Å². The van der Waals surface area contributed by atoms with Gasteiger partial charge in [0.15, 0.2) is 0 Å².